The molecule has 0 N–H and O–H groups in total. The Morgan fingerprint density at radius 2 is 2.47 bits per heavy atom. The minimum absolute atomic E-state index is 0.699. The summed E-state index contributed by atoms with van der Waals surface area (Å²) < 4.78 is 2.12. The maximum absolute atomic E-state index is 4.17. The van der Waals surface area contributed by atoms with E-state index in [1.165, 1.54) is 22.8 Å². The Hall–Kier alpha value is -0.700. The number of allylic oxidation sites excluding steroid dienone is 1. The third-order valence-electron chi connectivity index (χ3n) is 3.29. The van der Waals surface area contributed by atoms with Crippen LogP contribution in [-0.2, 0) is 13.5 Å². The molecule has 0 bridgehead atoms. The quantitative estimate of drug-likeness (QED) is 0.782. The van der Waals surface area contributed by atoms with E-state index in [-0.39, 0.29) is 0 Å². The first-order valence-electron chi connectivity index (χ1n) is 5.49. The van der Waals surface area contributed by atoms with E-state index < -0.39 is 0 Å². The van der Waals surface area contributed by atoms with Crippen LogP contribution in [0.3, 0.4) is 0 Å². The van der Waals surface area contributed by atoms with E-state index in [0.717, 1.165) is 12.3 Å². The molecular formula is C12H18N2S. The van der Waals surface area contributed by atoms with Gasteiger partial charge in [-0.25, -0.2) is 4.98 Å². The molecule has 2 heterocycles. The molecule has 1 aliphatic rings. The molecule has 15 heavy (non-hydrogen) atoms. The van der Waals surface area contributed by atoms with Gasteiger partial charge in [-0.05, 0) is 29.6 Å². The first-order valence-corrected chi connectivity index (χ1v) is 6.47. The van der Waals surface area contributed by atoms with Gasteiger partial charge in [-0.15, -0.1) is 11.8 Å². The molecule has 2 atom stereocenters. The van der Waals surface area contributed by atoms with Gasteiger partial charge in [0.2, 0.25) is 0 Å². The summed E-state index contributed by atoms with van der Waals surface area (Å²) in [6.45, 7) is 6.41. The standard InChI is InChI=1S/C12H18N2S/c1-4-12-9(2)15-7-10(12)5-11-6-13-8-14(11)3/h6,8,10,12H,2,4-5,7H2,1,3H3/t10-,12+/m0/s1. The normalized spacial score (nSPS) is 26.1. The zero-order valence-electron chi connectivity index (χ0n) is 9.44. The highest BCUT2D eigenvalue weighted by atomic mass is 32.2. The summed E-state index contributed by atoms with van der Waals surface area (Å²) in [6.07, 6.45) is 6.22. The molecule has 0 unspecified atom stereocenters. The smallest absolute Gasteiger partial charge is 0.0945 e. The molecular weight excluding hydrogens is 204 g/mol. The topological polar surface area (TPSA) is 17.8 Å². The van der Waals surface area contributed by atoms with Crippen LogP contribution in [0.2, 0.25) is 0 Å². The number of rotatable bonds is 3. The molecule has 0 saturated carbocycles. The fraction of sp³-hybridized carbons (Fsp3) is 0.583. The highest BCUT2D eigenvalue weighted by Gasteiger charge is 2.30. The number of hydrogen-bond donors (Lipinski definition) is 0. The van der Waals surface area contributed by atoms with Crippen molar-refractivity contribution in [3.8, 4) is 0 Å². The SMILES string of the molecule is C=C1SC[C@H](Cc2cncn2C)[C@@H]1CC. The molecule has 0 radical (unpaired) electrons. The zero-order chi connectivity index (χ0) is 10.8. The summed E-state index contributed by atoms with van der Waals surface area (Å²) >= 11 is 1.94. The fourth-order valence-electron chi connectivity index (χ4n) is 2.31. The lowest BCUT2D eigenvalue weighted by atomic mass is 9.88. The van der Waals surface area contributed by atoms with Gasteiger partial charge >= 0.3 is 0 Å². The predicted octanol–water partition coefficient (Wildman–Crippen LogP) is 2.87. The second-order valence-electron chi connectivity index (χ2n) is 4.25. The van der Waals surface area contributed by atoms with Gasteiger partial charge < -0.3 is 4.57 Å². The van der Waals surface area contributed by atoms with Crippen LogP contribution in [-0.4, -0.2) is 15.3 Å². The van der Waals surface area contributed by atoms with Crippen LogP contribution in [0.15, 0.2) is 24.0 Å². The summed E-state index contributed by atoms with van der Waals surface area (Å²) in [5.74, 6) is 2.68. The van der Waals surface area contributed by atoms with Crippen LogP contribution in [0.1, 0.15) is 19.0 Å². The molecule has 1 aromatic rings. The Bertz CT molecular complexity index is 356. The van der Waals surface area contributed by atoms with Crippen LogP contribution in [0.5, 0.6) is 0 Å². The lowest BCUT2D eigenvalue weighted by Crippen LogP contribution is -2.15. The molecule has 0 spiro atoms. The van der Waals surface area contributed by atoms with Gasteiger partial charge in [0.05, 0.1) is 6.33 Å². The van der Waals surface area contributed by atoms with Crippen molar-refractivity contribution < 1.29 is 0 Å². The maximum atomic E-state index is 4.17. The van der Waals surface area contributed by atoms with Gasteiger partial charge in [-0.3, -0.25) is 0 Å². The number of thioether (sulfide) groups is 1. The fourth-order valence-corrected chi connectivity index (χ4v) is 3.66. The van der Waals surface area contributed by atoms with E-state index in [2.05, 4.69) is 30.1 Å². The van der Waals surface area contributed by atoms with E-state index in [1.807, 2.05) is 24.3 Å². The maximum Gasteiger partial charge on any atom is 0.0945 e. The number of imidazole rings is 1. The van der Waals surface area contributed by atoms with Gasteiger partial charge in [-0.1, -0.05) is 13.5 Å². The molecule has 0 aromatic carbocycles. The number of aryl methyl sites for hydroxylation is 1. The zero-order valence-corrected chi connectivity index (χ0v) is 10.3. The molecule has 1 fully saturated rings. The number of hydrogen-bond acceptors (Lipinski definition) is 2. The summed E-state index contributed by atoms with van der Waals surface area (Å²) in [5.41, 5.74) is 1.34. The van der Waals surface area contributed by atoms with Crippen molar-refractivity contribution in [3.05, 3.63) is 29.7 Å². The highest BCUT2D eigenvalue weighted by Crippen LogP contribution is 2.42. The van der Waals surface area contributed by atoms with Gasteiger partial charge in [0, 0.05) is 24.7 Å². The molecule has 2 rings (SSSR count). The van der Waals surface area contributed by atoms with Gasteiger partial charge in [0.15, 0.2) is 0 Å². The van der Waals surface area contributed by atoms with E-state index >= 15 is 0 Å². The van der Waals surface area contributed by atoms with Gasteiger partial charge in [0.25, 0.3) is 0 Å². The van der Waals surface area contributed by atoms with Crippen LogP contribution < -0.4 is 0 Å². The average molecular weight is 222 g/mol. The lowest BCUT2D eigenvalue weighted by molar-refractivity contribution is 0.425. The Morgan fingerprint density at radius 1 is 1.67 bits per heavy atom. The second kappa shape index (κ2) is 4.44. The first kappa shape index (κ1) is 10.8. The monoisotopic (exact) mass is 222 g/mol. The van der Waals surface area contributed by atoms with Crippen LogP contribution >= 0.6 is 11.8 Å². The molecule has 0 aliphatic carbocycles. The molecule has 82 valence electrons. The van der Waals surface area contributed by atoms with E-state index in [9.17, 15) is 0 Å². The predicted molar refractivity (Wildman–Crippen MR) is 65.8 cm³/mol. The van der Waals surface area contributed by atoms with Crippen LogP contribution in [0.4, 0.5) is 0 Å². The Kier molecular flexibility index (Phi) is 3.19. The second-order valence-corrected chi connectivity index (χ2v) is 5.40. The van der Waals surface area contributed by atoms with Crippen molar-refractivity contribution in [1.82, 2.24) is 9.55 Å². The van der Waals surface area contributed by atoms with Crippen molar-refractivity contribution in [2.24, 2.45) is 18.9 Å². The van der Waals surface area contributed by atoms with Crippen LogP contribution in [0.25, 0.3) is 0 Å². The van der Waals surface area contributed by atoms with Crippen molar-refractivity contribution in [2.45, 2.75) is 19.8 Å². The summed E-state index contributed by atoms with van der Waals surface area (Å²) in [5, 5.41) is 0. The average Bonchev–Trinajstić information content (AvgIpc) is 2.76. The third-order valence-corrected chi connectivity index (χ3v) is 4.56. The molecule has 3 heteroatoms. The summed E-state index contributed by atoms with van der Waals surface area (Å²) in [7, 11) is 2.07. The highest BCUT2D eigenvalue weighted by molar-refractivity contribution is 8.03. The van der Waals surface area contributed by atoms with E-state index in [4.69, 9.17) is 0 Å². The largest absolute Gasteiger partial charge is 0.338 e. The van der Waals surface area contributed by atoms with Crippen molar-refractivity contribution >= 4 is 11.8 Å². The summed E-state index contributed by atoms with van der Waals surface area (Å²) in [4.78, 5) is 5.55. The Balaban J connectivity index is 2.06. The minimum Gasteiger partial charge on any atom is -0.338 e. The number of aromatic nitrogens is 2. The third kappa shape index (κ3) is 2.12. The van der Waals surface area contributed by atoms with Gasteiger partial charge in [-0.2, -0.15) is 0 Å². The van der Waals surface area contributed by atoms with E-state index in [1.54, 1.807) is 0 Å². The lowest BCUT2D eigenvalue weighted by Gasteiger charge is -2.17. The molecule has 0 amide bonds. The van der Waals surface area contributed by atoms with E-state index in [0.29, 0.717) is 5.92 Å². The first-order chi connectivity index (χ1) is 7.22. The van der Waals surface area contributed by atoms with Crippen molar-refractivity contribution in [1.29, 1.82) is 0 Å². The summed E-state index contributed by atoms with van der Waals surface area (Å²) in [6, 6.07) is 0. The van der Waals surface area contributed by atoms with Crippen molar-refractivity contribution in [2.75, 3.05) is 5.75 Å². The molecule has 1 saturated heterocycles. The number of nitrogens with zero attached hydrogens (tertiary/aromatic N) is 2. The molecule has 1 aromatic heterocycles. The van der Waals surface area contributed by atoms with Crippen LogP contribution in [0, 0.1) is 11.8 Å². The van der Waals surface area contributed by atoms with Crippen molar-refractivity contribution in [3.63, 3.8) is 0 Å². The minimum atomic E-state index is 0.699. The molecule has 1 aliphatic heterocycles. The van der Waals surface area contributed by atoms with Gasteiger partial charge in [0.1, 0.15) is 0 Å². The Labute approximate surface area is 95.8 Å². The Morgan fingerprint density at radius 3 is 3.07 bits per heavy atom. The molecule has 2 nitrogen and oxygen atoms in total.